The number of benzene rings is 3. The van der Waals surface area contributed by atoms with Crippen molar-refractivity contribution in [3.8, 4) is 0 Å². The molecule has 0 aliphatic rings. The number of hydrogen-bond donors (Lipinski definition) is 1. The highest BCUT2D eigenvalue weighted by atomic mass is 35.5. The number of sulfonamides is 1. The van der Waals surface area contributed by atoms with E-state index >= 15 is 0 Å². The number of carbonyl (C=O) groups excluding carboxylic acids is 2. The Kier molecular flexibility index (Phi) is 10.5. The highest BCUT2D eigenvalue weighted by molar-refractivity contribution is 7.92. The molecule has 220 valence electrons. The van der Waals surface area contributed by atoms with Crippen LogP contribution in [-0.2, 0) is 26.2 Å². The predicted molar refractivity (Wildman–Crippen MR) is 166 cm³/mol. The van der Waals surface area contributed by atoms with Crippen LogP contribution in [0.2, 0.25) is 10.0 Å². The number of nitrogens with zero attached hydrogens (tertiary/aromatic N) is 2. The monoisotopic (exact) mass is 617 g/mol. The number of anilines is 1. The van der Waals surface area contributed by atoms with Crippen molar-refractivity contribution in [2.24, 2.45) is 0 Å². The number of rotatable bonds is 10. The molecule has 0 heterocycles. The third kappa shape index (κ3) is 8.03. The lowest BCUT2D eigenvalue weighted by atomic mass is 10.1. The van der Waals surface area contributed by atoms with Crippen LogP contribution in [0, 0.1) is 13.8 Å². The van der Waals surface area contributed by atoms with Crippen molar-refractivity contribution in [1.82, 2.24) is 10.2 Å². The SMILES string of the molecule is CCC(C(=O)NC(C)(C)C)N(Cc1ccc(Cl)cc1Cl)C(=O)CN(c1cccc(C)c1C)S(=O)(=O)c1ccccc1. The maximum absolute atomic E-state index is 14.2. The molecule has 0 bridgehead atoms. The van der Waals surface area contributed by atoms with Crippen LogP contribution in [0.15, 0.2) is 71.6 Å². The van der Waals surface area contributed by atoms with E-state index in [0.717, 1.165) is 15.4 Å². The molecule has 3 rings (SSSR count). The van der Waals surface area contributed by atoms with E-state index in [0.29, 0.717) is 27.7 Å². The normalized spacial score (nSPS) is 12.5. The summed E-state index contributed by atoms with van der Waals surface area (Å²) >= 11 is 12.6. The standard InChI is InChI=1S/C31H37Cl2N3O4S/c1-7-27(30(38)34-31(4,5)6)35(19-23-16-17-24(32)18-26(23)33)29(37)20-36(28-15-11-12-21(2)22(28)3)41(39,40)25-13-9-8-10-14-25/h8-18,27H,7,19-20H2,1-6H3,(H,34,38). The summed E-state index contributed by atoms with van der Waals surface area (Å²) in [6, 6.07) is 17.3. The second kappa shape index (κ2) is 13.3. The van der Waals surface area contributed by atoms with Gasteiger partial charge in [-0.3, -0.25) is 13.9 Å². The van der Waals surface area contributed by atoms with Crippen LogP contribution >= 0.6 is 23.2 Å². The first kappa shape index (κ1) is 32.4. The van der Waals surface area contributed by atoms with Gasteiger partial charge in [0.1, 0.15) is 12.6 Å². The van der Waals surface area contributed by atoms with E-state index in [1.165, 1.54) is 17.0 Å². The molecular weight excluding hydrogens is 581 g/mol. The Labute approximate surface area is 253 Å². The lowest BCUT2D eigenvalue weighted by molar-refractivity contribution is -0.141. The minimum absolute atomic E-state index is 0.0169. The van der Waals surface area contributed by atoms with Crippen molar-refractivity contribution < 1.29 is 18.0 Å². The quantitative estimate of drug-likeness (QED) is 0.280. The molecular formula is C31H37Cl2N3O4S. The Morgan fingerprint density at radius 2 is 1.61 bits per heavy atom. The summed E-state index contributed by atoms with van der Waals surface area (Å²) in [6.45, 7) is 10.5. The summed E-state index contributed by atoms with van der Waals surface area (Å²) in [6.07, 6.45) is 0.299. The smallest absolute Gasteiger partial charge is 0.264 e. The summed E-state index contributed by atoms with van der Waals surface area (Å²) in [7, 11) is -4.15. The summed E-state index contributed by atoms with van der Waals surface area (Å²) in [5, 5.41) is 3.73. The van der Waals surface area contributed by atoms with Gasteiger partial charge in [-0.15, -0.1) is 0 Å². The van der Waals surface area contributed by atoms with E-state index in [1.807, 2.05) is 40.7 Å². The summed E-state index contributed by atoms with van der Waals surface area (Å²) < 4.78 is 29.1. The number of aryl methyl sites for hydroxylation is 1. The van der Waals surface area contributed by atoms with Gasteiger partial charge in [0.15, 0.2) is 0 Å². The van der Waals surface area contributed by atoms with E-state index < -0.39 is 34.1 Å². The second-order valence-corrected chi connectivity index (χ2v) is 13.7. The van der Waals surface area contributed by atoms with Crippen LogP contribution in [-0.4, -0.2) is 43.3 Å². The van der Waals surface area contributed by atoms with Crippen LogP contribution < -0.4 is 9.62 Å². The van der Waals surface area contributed by atoms with E-state index in [1.54, 1.807) is 55.5 Å². The first-order chi connectivity index (χ1) is 19.2. The van der Waals surface area contributed by atoms with Gasteiger partial charge >= 0.3 is 0 Å². The molecule has 0 radical (unpaired) electrons. The Hall–Kier alpha value is -3.07. The molecule has 41 heavy (non-hydrogen) atoms. The number of carbonyl (C=O) groups is 2. The Morgan fingerprint density at radius 3 is 2.20 bits per heavy atom. The van der Waals surface area contributed by atoms with Crippen molar-refractivity contribution in [3.63, 3.8) is 0 Å². The second-order valence-electron chi connectivity index (χ2n) is 11.0. The van der Waals surface area contributed by atoms with Gasteiger partial charge in [-0.2, -0.15) is 0 Å². The van der Waals surface area contributed by atoms with Crippen molar-refractivity contribution in [2.75, 3.05) is 10.8 Å². The zero-order valence-corrected chi connectivity index (χ0v) is 26.6. The minimum Gasteiger partial charge on any atom is -0.350 e. The van der Waals surface area contributed by atoms with Gasteiger partial charge in [0, 0.05) is 22.1 Å². The molecule has 2 amide bonds. The lowest BCUT2D eigenvalue weighted by Crippen LogP contribution is -2.55. The highest BCUT2D eigenvalue weighted by Gasteiger charge is 2.35. The Balaban J connectivity index is 2.13. The van der Waals surface area contributed by atoms with Crippen molar-refractivity contribution in [1.29, 1.82) is 0 Å². The Bertz CT molecular complexity index is 1510. The van der Waals surface area contributed by atoms with Gasteiger partial charge in [-0.1, -0.05) is 66.5 Å². The van der Waals surface area contributed by atoms with E-state index in [4.69, 9.17) is 23.2 Å². The zero-order chi connectivity index (χ0) is 30.5. The third-order valence-corrected chi connectivity index (χ3v) is 9.06. The maximum Gasteiger partial charge on any atom is 0.264 e. The topological polar surface area (TPSA) is 86.8 Å². The molecule has 1 atom stereocenters. The van der Waals surface area contributed by atoms with Gasteiger partial charge in [-0.05, 0) is 88.1 Å². The molecule has 7 nitrogen and oxygen atoms in total. The van der Waals surface area contributed by atoms with E-state index in [9.17, 15) is 18.0 Å². The van der Waals surface area contributed by atoms with Crippen molar-refractivity contribution in [2.45, 2.75) is 71.0 Å². The van der Waals surface area contributed by atoms with Gasteiger partial charge in [-0.25, -0.2) is 8.42 Å². The fraction of sp³-hybridized carbons (Fsp3) is 0.355. The van der Waals surface area contributed by atoms with Crippen LogP contribution in [0.1, 0.15) is 50.8 Å². The molecule has 0 aliphatic carbocycles. The first-order valence-electron chi connectivity index (χ1n) is 13.3. The number of nitrogens with one attached hydrogen (secondary N) is 1. The molecule has 0 saturated carbocycles. The van der Waals surface area contributed by atoms with Gasteiger partial charge in [0.25, 0.3) is 10.0 Å². The summed E-state index contributed by atoms with van der Waals surface area (Å²) in [5.41, 5.74) is 2.03. The molecule has 0 aliphatic heterocycles. The lowest BCUT2D eigenvalue weighted by Gasteiger charge is -2.35. The molecule has 3 aromatic rings. The molecule has 0 saturated heterocycles. The Morgan fingerprint density at radius 1 is 0.951 bits per heavy atom. The molecule has 3 aromatic carbocycles. The predicted octanol–water partition coefficient (Wildman–Crippen LogP) is 6.53. The van der Waals surface area contributed by atoms with Gasteiger partial charge in [0.2, 0.25) is 11.8 Å². The first-order valence-corrected chi connectivity index (χ1v) is 15.5. The molecule has 1 unspecified atom stereocenters. The number of halogens is 2. The van der Waals surface area contributed by atoms with Crippen LogP contribution in [0.25, 0.3) is 0 Å². The molecule has 0 fully saturated rings. The van der Waals surface area contributed by atoms with Crippen LogP contribution in [0.5, 0.6) is 0 Å². The fourth-order valence-electron chi connectivity index (χ4n) is 4.44. The average molecular weight is 619 g/mol. The molecule has 0 spiro atoms. The van der Waals surface area contributed by atoms with Gasteiger partial charge < -0.3 is 10.2 Å². The fourth-order valence-corrected chi connectivity index (χ4v) is 6.41. The maximum atomic E-state index is 14.2. The molecule has 1 N–H and O–H groups in total. The zero-order valence-electron chi connectivity index (χ0n) is 24.2. The summed E-state index contributed by atoms with van der Waals surface area (Å²) in [4.78, 5) is 29.1. The highest BCUT2D eigenvalue weighted by Crippen LogP contribution is 2.30. The average Bonchev–Trinajstić information content (AvgIpc) is 2.89. The van der Waals surface area contributed by atoms with E-state index in [2.05, 4.69) is 5.32 Å². The van der Waals surface area contributed by atoms with Crippen molar-refractivity contribution in [3.05, 3.63) is 93.5 Å². The van der Waals surface area contributed by atoms with Crippen LogP contribution in [0.3, 0.4) is 0 Å². The van der Waals surface area contributed by atoms with Gasteiger partial charge in [0.05, 0.1) is 10.6 Å². The van der Waals surface area contributed by atoms with E-state index in [-0.39, 0.29) is 17.3 Å². The number of hydrogen-bond acceptors (Lipinski definition) is 4. The van der Waals surface area contributed by atoms with Crippen LogP contribution in [0.4, 0.5) is 5.69 Å². The van der Waals surface area contributed by atoms with Crippen molar-refractivity contribution >= 4 is 50.7 Å². The number of amides is 2. The molecule has 0 aromatic heterocycles. The minimum atomic E-state index is -4.15. The largest absolute Gasteiger partial charge is 0.350 e. The third-order valence-electron chi connectivity index (χ3n) is 6.69. The molecule has 10 heteroatoms. The summed E-state index contributed by atoms with van der Waals surface area (Å²) in [5.74, 6) is -0.894.